The van der Waals surface area contributed by atoms with Gasteiger partial charge in [-0.25, -0.2) is 17.2 Å². The molecule has 7 heteroatoms. The summed E-state index contributed by atoms with van der Waals surface area (Å²) < 4.78 is 50.2. The Hall–Kier alpha value is -0.720. The molecular weight excluding hydrogens is 254 g/mol. The molecule has 0 radical (unpaired) electrons. The Morgan fingerprint density at radius 1 is 1.35 bits per heavy atom. The highest BCUT2D eigenvalue weighted by atomic mass is 32.2. The molecule has 98 valence electrons. The molecule has 17 heavy (non-hydrogen) atoms. The number of hydrogen-bond donors (Lipinski definition) is 1. The minimum Gasteiger partial charge on any atom is -0.481 e. The van der Waals surface area contributed by atoms with E-state index in [4.69, 9.17) is 5.11 Å². The van der Waals surface area contributed by atoms with Crippen LogP contribution in [0.15, 0.2) is 0 Å². The Morgan fingerprint density at radius 2 is 1.94 bits per heavy atom. The zero-order chi connectivity index (χ0) is 12.9. The average molecular weight is 268 g/mol. The summed E-state index contributed by atoms with van der Waals surface area (Å²) in [5.74, 6) is -7.01. The van der Waals surface area contributed by atoms with E-state index in [0.717, 1.165) is 12.8 Å². The van der Waals surface area contributed by atoms with Gasteiger partial charge in [0.2, 0.25) is 0 Å². The highest BCUT2D eigenvalue weighted by Crippen LogP contribution is 2.53. The Morgan fingerprint density at radius 3 is 2.35 bits per heavy atom. The van der Waals surface area contributed by atoms with Crippen molar-refractivity contribution < 1.29 is 27.1 Å². The molecule has 1 aliphatic carbocycles. The number of alkyl halides is 2. The number of aliphatic carboxylic acids is 1. The van der Waals surface area contributed by atoms with Gasteiger partial charge in [-0.05, 0) is 18.8 Å². The summed E-state index contributed by atoms with van der Waals surface area (Å²) in [7, 11) is -3.82. The van der Waals surface area contributed by atoms with Crippen LogP contribution in [-0.4, -0.2) is 36.9 Å². The van der Waals surface area contributed by atoms with Crippen molar-refractivity contribution in [1.82, 2.24) is 0 Å². The summed E-state index contributed by atoms with van der Waals surface area (Å²) >= 11 is 0. The second kappa shape index (κ2) is 3.63. The standard InChI is InChI=1S/C10H14F2O4S/c11-10(12)6-17(15,16)4-3-9(10,8(13)14)5-7-1-2-7/h7H,1-6H2,(H,13,14). The third kappa shape index (κ3) is 2.17. The van der Waals surface area contributed by atoms with Gasteiger partial charge in [0.15, 0.2) is 9.84 Å². The summed E-state index contributed by atoms with van der Waals surface area (Å²) in [6.45, 7) is 0. The van der Waals surface area contributed by atoms with Gasteiger partial charge >= 0.3 is 5.97 Å². The van der Waals surface area contributed by atoms with Gasteiger partial charge < -0.3 is 5.11 Å². The van der Waals surface area contributed by atoms with Crippen LogP contribution in [0.5, 0.6) is 0 Å². The fourth-order valence-electron chi connectivity index (χ4n) is 2.42. The molecule has 1 aliphatic heterocycles. The first kappa shape index (κ1) is 12.7. The molecule has 1 atom stereocenters. The molecule has 1 saturated carbocycles. The van der Waals surface area contributed by atoms with Gasteiger partial charge in [-0.3, -0.25) is 4.79 Å². The molecule has 1 saturated heterocycles. The van der Waals surface area contributed by atoms with Gasteiger partial charge in [0, 0.05) is 0 Å². The minimum absolute atomic E-state index is 0.0118. The van der Waals surface area contributed by atoms with E-state index >= 15 is 0 Å². The largest absolute Gasteiger partial charge is 0.481 e. The summed E-state index contributed by atoms with van der Waals surface area (Å²) in [4.78, 5) is 11.2. The lowest BCUT2D eigenvalue weighted by Crippen LogP contribution is -2.56. The molecule has 0 bridgehead atoms. The summed E-state index contributed by atoms with van der Waals surface area (Å²) in [5, 5.41) is 9.10. The monoisotopic (exact) mass is 268 g/mol. The average Bonchev–Trinajstić information content (AvgIpc) is 2.91. The Kier molecular flexibility index (Phi) is 2.72. The summed E-state index contributed by atoms with van der Waals surface area (Å²) in [5.41, 5.74) is -2.18. The van der Waals surface area contributed by atoms with E-state index in [9.17, 15) is 22.0 Å². The van der Waals surface area contributed by atoms with Crippen molar-refractivity contribution in [3.05, 3.63) is 0 Å². The van der Waals surface area contributed by atoms with E-state index in [2.05, 4.69) is 0 Å². The van der Waals surface area contributed by atoms with Crippen molar-refractivity contribution >= 4 is 15.8 Å². The maximum absolute atomic E-state index is 13.9. The molecule has 2 aliphatic rings. The molecule has 2 fully saturated rings. The Labute approximate surface area is 97.9 Å². The number of carboxylic acid groups (broad SMARTS) is 1. The topological polar surface area (TPSA) is 71.4 Å². The van der Waals surface area contributed by atoms with E-state index in [1.807, 2.05) is 0 Å². The molecule has 0 spiro atoms. The van der Waals surface area contributed by atoms with E-state index in [1.165, 1.54) is 0 Å². The first-order valence-corrected chi connectivity index (χ1v) is 7.32. The number of carbonyl (C=O) groups is 1. The van der Waals surface area contributed by atoms with E-state index in [-0.39, 0.29) is 12.3 Å². The predicted octanol–water partition coefficient (Wildman–Crippen LogP) is 1.31. The zero-order valence-electron chi connectivity index (χ0n) is 9.16. The zero-order valence-corrected chi connectivity index (χ0v) is 9.97. The number of rotatable bonds is 3. The second-order valence-electron chi connectivity index (χ2n) is 5.08. The summed E-state index contributed by atoms with van der Waals surface area (Å²) in [6.07, 6.45) is 0.939. The quantitative estimate of drug-likeness (QED) is 0.837. The molecule has 1 heterocycles. The van der Waals surface area contributed by atoms with Gasteiger partial charge in [-0.1, -0.05) is 12.8 Å². The van der Waals surface area contributed by atoms with Crippen LogP contribution in [0.2, 0.25) is 0 Å². The number of halogens is 2. The molecular formula is C10H14F2O4S. The van der Waals surface area contributed by atoms with E-state index in [0.29, 0.717) is 0 Å². The molecule has 0 aromatic heterocycles. The minimum atomic E-state index is -3.82. The third-order valence-corrected chi connectivity index (χ3v) is 5.31. The molecule has 1 N–H and O–H groups in total. The van der Waals surface area contributed by atoms with E-state index < -0.39 is 45.1 Å². The highest BCUT2D eigenvalue weighted by molar-refractivity contribution is 7.91. The number of carboxylic acids is 1. The van der Waals surface area contributed by atoms with Crippen LogP contribution in [0.1, 0.15) is 25.7 Å². The van der Waals surface area contributed by atoms with Crippen molar-refractivity contribution in [2.45, 2.75) is 31.6 Å². The number of sulfone groups is 1. The molecule has 0 amide bonds. The van der Waals surface area contributed by atoms with Crippen LogP contribution < -0.4 is 0 Å². The molecule has 4 nitrogen and oxygen atoms in total. The first-order valence-electron chi connectivity index (χ1n) is 5.50. The maximum Gasteiger partial charge on any atom is 0.315 e. The van der Waals surface area contributed by atoms with Crippen LogP contribution in [0.3, 0.4) is 0 Å². The second-order valence-corrected chi connectivity index (χ2v) is 7.27. The predicted molar refractivity (Wildman–Crippen MR) is 55.6 cm³/mol. The lowest BCUT2D eigenvalue weighted by molar-refractivity contribution is -0.179. The lowest BCUT2D eigenvalue weighted by atomic mass is 9.74. The van der Waals surface area contributed by atoms with Crippen LogP contribution >= 0.6 is 0 Å². The third-order valence-electron chi connectivity index (χ3n) is 3.68. The van der Waals surface area contributed by atoms with Crippen LogP contribution in [0.4, 0.5) is 8.78 Å². The van der Waals surface area contributed by atoms with Gasteiger partial charge in [0.05, 0.1) is 5.75 Å². The van der Waals surface area contributed by atoms with Crippen molar-refractivity contribution in [2.24, 2.45) is 11.3 Å². The Balaban J connectivity index is 2.34. The fourth-order valence-corrected chi connectivity index (χ4v) is 4.05. The van der Waals surface area contributed by atoms with Gasteiger partial charge in [0.25, 0.3) is 5.92 Å². The van der Waals surface area contributed by atoms with Crippen LogP contribution in [0, 0.1) is 11.3 Å². The Bertz CT molecular complexity index is 441. The maximum atomic E-state index is 13.9. The first-order chi connectivity index (χ1) is 7.69. The smallest absolute Gasteiger partial charge is 0.315 e. The molecule has 1 unspecified atom stereocenters. The van der Waals surface area contributed by atoms with Crippen molar-refractivity contribution in [3.63, 3.8) is 0 Å². The SMILES string of the molecule is O=C(O)C1(CC2CC2)CCS(=O)(=O)CC1(F)F. The van der Waals surface area contributed by atoms with Crippen molar-refractivity contribution in [1.29, 1.82) is 0 Å². The van der Waals surface area contributed by atoms with E-state index in [1.54, 1.807) is 0 Å². The van der Waals surface area contributed by atoms with Crippen LogP contribution in [-0.2, 0) is 14.6 Å². The molecule has 0 aromatic carbocycles. The van der Waals surface area contributed by atoms with Gasteiger partial charge in [0.1, 0.15) is 11.2 Å². The molecule has 2 rings (SSSR count). The summed E-state index contributed by atoms with van der Waals surface area (Å²) in [6, 6.07) is 0. The van der Waals surface area contributed by atoms with Gasteiger partial charge in [-0.2, -0.15) is 0 Å². The molecule has 0 aromatic rings. The van der Waals surface area contributed by atoms with Crippen LogP contribution in [0.25, 0.3) is 0 Å². The number of hydrogen-bond acceptors (Lipinski definition) is 3. The van der Waals surface area contributed by atoms with Gasteiger partial charge in [-0.15, -0.1) is 0 Å². The lowest BCUT2D eigenvalue weighted by Gasteiger charge is -2.40. The van der Waals surface area contributed by atoms with Crippen molar-refractivity contribution in [3.8, 4) is 0 Å². The van der Waals surface area contributed by atoms with Crippen molar-refractivity contribution in [2.75, 3.05) is 11.5 Å². The fraction of sp³-hybridized carbons (Fsp3) is 0.900. The normalized spacial score (nSPS) is 35.4. The highest BCUT2D eigenvalue weighted by Gasteiger charge is 2.64.